The van der Waals surface area contributed by atoms with Crippen LogP contribution in [0.1, 0.15) is 46.2 Å². The summed E-state index contributed by atoms with van der Waals surface area (Å²) in [7, 11) is 0. The smallest absolute Gasteiger partial charge is 0.318 e. The number of carbonyl (C=O) groups excluding carboxylic acids is 2. The Hall–Kier alpha value is -2.52. The molecule has 3 amide bonds. The van der Waals surface area contributed by atoms with Crippen molar-refractivity contribution in [3.8, 4) is 0 Å². The summed E-state index contributed by atoms with van der Waals surface area (Å²) in [6, 6.07) is 11.4. The number of piperazine rings is 1. The van der Waals surface area contributed by atoms with Gasteiger partial charge >= 0.3 is 6.03 Å². The minimum absolute atomic E-state index is 0.00574. The Morgan fingerprint density at radius 2 is 1.91 bits per heavy atom. The van der Waals surface area contributed by atoms with Gasteiger partial charge in [0.25, 0.3) is 0 Å². The number of nitrogens with zero attached hydrogens (tertiary/aromatic N) is 4. The van der Waals surface area contributed by atoms with E-state index in [-0.39, 0.29) is 35.3 Å². The zero-order chi connectivity index (χ0) is 24.9. The Bertz CT molecular complexity index is 1000. The van der Waals surface area contributed by atoms with Gasteiger partial charge in [0.05, 0.1) is 11.8 Å². The molecule has 1 saturated heterocycles. The summed E-state index contributed by atoms with van der Waals surface area (Å²) in [4.78, 5) is 37.9. The number of amides is 3. The zero-order valence-electron chi connectivity index (χ0n) is 20.3. The van der Waals surface area contributed by atoms with Crippen molar-refractivity contribution in [3.63, 3.8) is 0 Å². The number of hydrogen-bond donors (Lipinski definition) is 2. The van der Waals surface area contributed by atoms with Crippen molar-refractivity contribution < 1.29 is 9.59 Å². The van der Waals surface area contributed by atoms with Crippen LogP contribution in [0, 0.1) is 0 Å². The highest BCUT2D eigenvalue weighted by atomic mass is 35.5. The Kier molecular flexibility index (Phi) is 8.65. The number of anilines is 1. The molecule has 1 aromatic heterocycles. The van der Waals surface area contributed by atoms with Gasteiger partial charge in [0.15, 0.2) is 5.16 Å². The summed E-state index contributed by atoms with van der Waals surface area (Å²) in [5, 5.41) is 6.79. The molecule has 184 valence electrons. The summed E-state index contributed by atoms with van der Waals surface area (Å²) in [6.45, 7) is 11.7. The fourth-order valence-corrected chi connectivity index (χ4v) is 4.60. The van der Waals surface area contributed by atoms with Gasteiger partial charge in [0.1, 0.15) is 11.0 Å². The first kappa shape index (κ1) is 26.1. The topological polar surface area (TPSA) is 90.5 Å². The van der Waals surface area contributed by atoms with Crippen LogP contribution in [0.25, 0.3) is 0 Å². The van der Waals surface area contributed by atoms with Crippen molar-refractivity contribution >= 4 is 41.1 Å². The lowest BCUT2D eigenvalue weighted by atomic mass is 10.1. The van der Waals surface area contributed by atoms with Crippen LogP contribution in [0.2, 0.25) is 5.15 Å². The molecule has 0 aliphatic carbocycles. The van der Waals surface area contributed by atoms with E-state index in [0.717, 1.165) is 5.56 Å². The van der Waals surface area contributed by atoms with Gasteiger partial charge in [-0.3, -0.25) is 4.79 Å². The molecule has 0 saturated carbocycles. The highest BCUT2D eigenvalue weighted by Gasteiger charge is 2.30. The second-order valence-electron chi connectivity index (χ2n) is 9.49. The molecule has 1 fully saturated rings. The first-order chi connectivity index (χ1) is 16.0. The molecule has 3 rings (SSSR count). The van der Waals surface area contributed by atoms with Crippen molar-refractivity contribution in [2.24, 2.45) is 0 Å². The molecule has 2 unspecified atom stereocenters. The van der Waals surface area contributed by atoms with E-state index in [1.54, 1.807) is 6.07 Å². The Balaban J connectivity index is 1.57. The quantitative estimate of drug-likeness (QED) is 0.349. The number of carbonyl (C=O) groups is 2. The molecule has 34 heavy (non-hydrogen) atoms. The average molecular weight is 505 g/mol. The number of hydrogen-bond acceptors (Lipinski definition) is 6. The van der Waals surface area contributed by atoms with Crippen LogP contribution in [0.5, 0.6) is 0 Å². The highest BCUT2D eigenvalue weighted by molar-refractivity contribution is 7.99. The molecule has 0 bridgehead atoms. The van der Waals surface area contributed by atoms with Crippen LogP contribution >= 0.6 is 23.4 Å². The van der Waals surface area contributed by atoms with E-state index in [1.165, 1.54) is 11.8 Å². The van der Waals surface area contributed by atoms with E-state index in [1.807, 2.05) is 69.9 Å². The minimum atomic E-state index is -0.286. The average Bonchev–Trinajstić information content (AvgIpc) is 2.76. The fraction of sp³-hybridized carbons (Fsp3) is 0.500. The molecule has 1 aromatic carbocycles. The zero-order valence-corrected chi connectivity index (χ0v) is 21.9. The normalized spacial score (nSPS) is 17.3. The van der Waals surface area contributed by atoms with E-state index >= 15 is 0 Å². The Morgan fingerprint density at radius 1 is 1.21 bits per heavy atom. The Morgan fingerprint density at radius 3 is 2.56 bits per heavy atom. The second-order valence-corrected chi connectivity index (χ2v) is 10.8. The monoisotopic (exact) mass is 504 g/mol. The van der Waals surface area contributed by atoms with Crippen molar-refractivity contribution in [3.05, 3.63) is 47.1 Å². The highest BCUT2D eigenvalue weighted by Crippen LogP contribution is 2.24. The summed E-state index contributed by atoms with van der Waals surface area (Å²) < 4.78 is 0. The third-order valence-electron chi connectivity index (χ3n) is 5.36. The number of rotatable bonds is 6. The van der Waals surface area contributed by atoms with Crippen LogP contribution in [0.3, 0.4) is 0 Å². The van der Waals surface area contributed by atoms with Gasteiger partial charge in [-0.1, -0.05) is 53.7 Å². The molecule has 2 heterocycles. The lowest BCUT2D eigenvalue weighted by molar-refractivity contribution is -0.119. The van der Waals surface area contributed by atoms with Gasteiger partial charge in [-0.05, 0) is 40.2 Å². The lowest BCUT2D eigenvalue weighted by Crippen LogP contribution is -2.59. The minimum Gasteiger partial charge on any atom is -0.353 e. The number of halogens is 1. The van der Waals surface area contributed by atoms with Gasteiger partial charge in [-0.2, -0.15) is 0 Å². The maximum Gasteiger partial charge on any atom is 0.318 e. The predicted molar refractivity (Wildman–Crippen MR) is 137 cm³/mol. The van der Waals surface area contributed by atoms with Gasteiger partial charge in [-0.25, -0.2) is 14.8 Å². The third-order valence-corrected chi connectivity index (χ3v) is 6.41. The van der Waals surface area contributed by atoms with E-state index in [9.17, 15) is 9.59 Å². The lowest BCUT2D eigenvalue weighted by Gasteiger charge is -2.41. The number of urea groups is 1. The molecule has 1 aliphatic rings. The molecule has 0 spiro atoms. The maximum absolute atomic E-state index is 12.6. The number of aromatic nitrogens is 2. The molecule has 2 N–H and O–H groups in total. The van der Waals surface area contributed by atoms with Crippen molar-refractivity contribution in [1.82, 2.24) is 25.5 Å². The molecule has 8 nitrogen and oxygen atoms in total. The van der Waals surface area contributed by atoms with E-state index < -0.39 is 0 Å². The van der Waals surface area contributed by atoms with Crippen molar-refractivity contribution in [2.45, 2.75) is 57.4 Å². The summed E-state index contributed by atoms with van der Waals surface area (Å²) in [5.41, 5.74) is 0.761. The largest absolute Gasteiger partial charge is 0.353 e. The number of thioether (sulfide) groups is 1. The number of nitrogens with one attached hydrogen (secondary N) is 2. The summed E-state index contributed by atoms with van der Waals surface area (Å²) >= 11 is 7.52. The third kappa shape index (κ3) is 7.50. The van der Waals surface area contributed by atoms with E-state index in [4.69, 9.17) is 11.6 Å². The van der Waals surface area contributed by atoms with Crippen molar-refractivity contribution in [1.29, 1.82) is 0 Å². The van der Waals surface area contributed by atoms with Gasteiger partial charge in [0.2, 0.25) is 5.91 Å². The second kappa shape index (κ2) is 11.3. The van der Waals surface area contributed by atoms with Crippen LogP contribution in [-0.4, -0.2) is 63.8 Å². The van der Waals surface area contributed by atoms with Crippen LogP contribution in [-0.2, 0) is 4.79 Å². The van der Waals surface area contributed by atoms with Crippen LogP contribution in [0.4, 0.5) is 10.6 Å². The van der Waals surface area contributed by atoms with Gasteiger partial charge in [-0.15, -0.1) is 0 Å². The maximum atomic E-state index is 12.6. The Labute approximate surface area is 210 Å². The molecular formula is C24H33ClN6O2S. The van der Waals surface area contributed by atoms with Crippen LogP contribution < -0.4 is 15.5 Å². The molecule has 10 heteroatoms. The summed E-state index contributed by atoms with van der Waals surface area (Å²) in [6.07, 6.45) is 0. The van der Waals surface area contributed by atoms with E-state index in [2.05, 4.69) is 25.5 Å². The molecule has 0 radical (unpaired) electrons. The standard InChI is InChI=1S/C24H33ClN6O2S/c1-16-14-30(11-12-31(16)23(33)29-24(3,4)5)20-13-19(25)27-22(28-20)34-15-21(32)26-17(2)18-9-7-6-8-10-18/h6-10,13,16-17H,11-12,14-15H2,1-5H3,(H,26,32)(H,29,33). The van der Waals surface area contributed by atoms with E-state index in [0.29, 0.717) is 35.8 Å². The first-order valence-corrected chi connectivity index (χ1v) is 12.7. The molecule has 1 aliphatic heterocycles. The van der Waals surface area contributed by atoms with Gasteiger partial charge in [0, 0.05) is 37.3 Å². The van der Waals surface area contributed by atoms with Crippen molar-refractivity contribution in [2.75, 3.05) is 30.3 Å². The molecule has 2 atom stereocenters. The summed E-state index contributed by atoms with van der Waals surface area (Å²) in [5.74, 6) is 0.788. The fourth-order valence-electron chi connectivity index (χ4n) is 3.71. The molecule has 2 aromatic rings. The molecular weight excluding hydrogens is 472 g/mol. The van der Waals surface area contributed by atoms with Crippen LogP contribution in [0.15, 0.2) is 41.6 Å². The predicted octanol–water partition coefficient (Wildman–Crippen LogP) is 4.12. The number of benzene rings is 1. The van der Waals surface area contributed by atoms with Gasteiger partial charge < -0.3 is 20.4 Å². The SMILES string of the molecule is CC(NC(=O)CSc1nc(Cl)cc(N2CCN(C(=O)NC(C)(C)C)C(C)C2)n1)c1ccccc1. The first-order valence-electron chi connectivity index (χ1n) is 11.4.